The van der Waals surface area contributed by atoms with E-state index >= 15 is 0 Å². The van der Waals surface area contributed by atoms with Gasteiger partial charge in [-0.25, -0.2) is 0 Å². The largest absolute Gasteiger partial charge is 0.311 e. The van der Waals surface area contributed by atoms with Crippen LogP contribution in [-0.4, -0.2) is 12.1 Å². The van der Waals surface area contributed by atoms with Crippen molar-refractivity contribution in [2.45, 2.75) is 57.0 Å². The highest BCUT2D eigenvalue weighted by atomic mass is 79.9. The fourth-order valence-electron chi connectivity index (χ4n) is 3.48. The van der Waals surface area contributed by atoms with Crippen LogP contribution in [0.5, 0.6) is 0 Å². The zero-order valence-electron chi connectivity index (χ0n) is 11.0. The Morgan fingerprint density at radius 1 is 1.11 bits per heavy atom. The predicted molar refractivity (Wildman–Crippen MR) is 79.8 cm³/mol. The molecule has 0 aliphatic heterocycles. The van der Waals surface area contributed by atoms with E-state index in [9.17, 15) is 0 Å². The topological polar surface area (TPSA) is 12.0 Å². The number of halogens is 1. The van der Waals surface area contributed by atoms with Crippen LogP contribution in [0.4, 0.5) is 0 Å². The molecule has 2 atom stereocenters. The Bertz CT molecular complexity index is 411. The highest BCUT2D eigenvalue weighted by Gasteiger charge is 2.33. The van der Waals surface area contributed by atoms with Crippen molar-refractivity contribution in [2.24, 2.45) is 5.92 Å². The molecule has 2 heteroatoms. The zero-order valence-corrected chi connectivity index (χ0v) is 12.6. The number of nitrogens with one attached hydrogen (secondary N) is 1. The van der Waals surface area contributed by atoms with E-state index < -0.39 is 0 Å². The summed E-state index contributed by atoms with van der Waals surface area (Å²) in [5.41, 5.74) is 1.50. The lowest BCUT2D eigenvalue weighted by Crippen LogP contribution is -2.44. The van der Waals surface area contributed by atoms with Crippen LogP contribution in [0.2, 0.25) is 0 Å². The zero-order chi connectivity index (χ0) is 12.5. The van der Waals surface area contributed by atoms with Crippen LogP contribution in [0.15, 0.2) is 28.7 Å². The van der Waals surface area contributed by atoms with Gasteiger partial charge in [-0.15, -0.1) is 0 Å². The highest BCUT2D eigenvalue weighted by Crippen LogP contribution is 2.38. The first-order valence-corrected chi connectivity index (χ1v) is 8.01. The Hall–Kier alpha value is -0.340. The molecule has 0 radical (unpaired) electrons. The van der Waals surface area contributed by atoms with E-state index in [0.29, 0.717) is 0 Å². The normalized spacial score (nSPS) is 35.4. The third-order valence-corrected chi connectivity index (χ3v) is 5.12. The molecule has 0 aromatic heterocycles. The van der Waals surface area contributed by atoms with Gasteiger partial charge in [0.05, 0.1) is 0 Å². The van der Waals surface area contributed by atoms with Gasteiger partial charge in [0.25, 0.3) is 0 Å². The lowest BCUT2D eigenvalue weighted by Gasteiger charge is -2.38. The van der Waals surface area contributed by atoms with Gasteiger partial charge in [0.2, 0.25) is 0 Å². The number of hydrogen-bond donors (Lipinski definition) is 1. The summed E-state index contributed by atoms with van der Waals surface area (Å²) in [4.78, 5) is 0. The van der Waals surface area contributed by atoms with Crippen molar-refractivity contribution >= 4 is 15.9 Å². The first-order chi connectivity index (χ1) is 8.70. The van der Waals surface area contributed by atoms with Crippen LogP contribution in [0, 0.1) is 5.92 Å². The van der Waals surface area contributed by atoms with Gasteiger partial charge >= 0.3 is 0 Å². The summed E-state index contributed by atoms with van der Waals surface area (Å²) >= 11 is 3.56. The minimum absolute atomic E-state index is 0.768. The Kier molecular flexibility index (Phi) is 3.76. The predicted octanol–water partition coefficient (Wildman–Crippen LogP) is 4.47. The molecule has 98 valence electrons. The van der Waals surface area contributed by atoms with E-state index in [1.165, 1.54) is 42.1 Å². The van der Waals surface area contributed by atoms with Gasteiger partial charge in [-0.3, -0.25) is 0 Å². The van der Waals surface area contributed by atoms with Crippen molar-refractivity contribution in [2.75, 3.05) is 0 Å². The Morgan fingerprint density at radius 2 is 1.94 bits per heavy atom. The first-order valence-electron chi connectivity index (χ1n) is 7.22. The van der Waals surface area contributed by atoms with E-state index in [1.807, 2.05) is 0 Å². The number of benzene rings is 1. The smallest absolute Gasteiger partial charge is 0.0178 e. The van der Waals surface area contributed by atoms with Crippen LogP contribution in [0.25, 0.3) is 0 Å². The average molecular weight is 308 g/mol. The fraction of sp³-hybridized carbons (Fsp3) is 0.625. The maximum atomic E-state index is 3.85. The molecule has 2 aliphatic rings. The van der Waals surface area contributed by atoms with Gasteiger partial charge < -0.3 is 5.32 Å². The van der Waals surface area contributed by atoms with Crippen molar-refractivity contribution < 1.29 is 0 Å². The average Bonchev–Trinajstić information content (AvgIpc) is 2.69. The van der Waals surface area contributed by atoms with Gasteiger partial charge in [0.1, 0.15) is 0 Å². The molecule has 18 heavy (non-hydrogen) atoms. The van der Waals surface area contributed by atoms with E-state index in [1.54, 1.807) is 0 Å². The Morgan fingerprint density at radius 3 is 2.61 bits per heavy atom. The first kappa shape index (κ1) is 12.7. The monoisotopic (exact) mass is 307 g/mol. The van der Waals surface area contributed by atoms with Crippen LogP contribution in [0.1, 0.15) is 50.5 Å². The van der Waals surface area contributed by atoms with E-state index in [-0.39, 0.29) is 0 Å². The summed E-state index contributed by atoms with van der Waals surface area (Å²) in [6.07, 6.45) is 6.83. The third-order valence-electron chi connectivity index (χ3n) is 4.62. The maximum Gasteiger partial charge on any atom is 0.0178 e. The molecule has 2 saturated carbocycles. The molecule has 0 saturated heterocycles. The minimum atomic E-state index is 0.768. The molecule has 0 amide bonds. The number of hydrogen-bond acceptors (Lipinski definition) is 1. The van der Waals surface area contributed by atoms with Crippen LogP contribution < -0.4 is 5.32 Å². The molecule has 1 aromatic carbocycles. The third kappa shape index (κ3) is 2.80. The quantitative estimate of drug-likeness (QED) is 0.868. The molecule has 1 N–H and O–H groups in total. The second kappa shape index (κ2) is 5.34. The van der Waals surface area contributed by atoms with Crippen LogP contribution in [0.3, 0.4) is 0 Å². The van der Waals surface area contributed by atoms with Crippen molar-refractivity contribution in [1.82, 2.24) is 5.32 Å². The molecular weight excluding hydrogens is 286 g/mol. The molecule has 1 aromatic rings. The lowest BCUT2D eigenvalue weighted by molar-refractivity contribution is 0.263. The van der Waals surface area contributed by atoms with Gasteiger partial charge in [-0.2, -0.15) is 0 Å². The van der Waals surface area contributed by atoms with Crippen LogP contribution in [-0.2, 0) is 0 Å². The van der Waals surface area contributed by atoms with E-state index in [4.69, 9.17) is 0 Å². The fourth-order valence-corrected chi connectivity index (χ4v) is 3.90. The summed E-state index contributed by atoms with van der Waals surface area (Å²) in [6.45, 7) is 2.38. The molecule has 0 heterocycles. The minimum Gasteiger partial charge on any atom is -0.311 e. The summed E-state index contributed by atoms with van der Waals surface area (Å²) in [7, 11) is 0. The molecule has 0 spiro atoms. The van der Waals surface area contributed by atoms with Gasteiger partial charge in [-0.1, -0.05) is 35.0 Å². The Labute approximate surface area is 118 Å². The van der Waals surface area contributed by atoms with Gasteiger partial charge in [-0.05, 0) is 61.6 Å². The number of rotatable bonds is 3. The van der Waals surface area contributed by atoms with E-state index in [2.05, 4.69) is 52.4 Å². The SMILES string of the molecule is CC1CCC(NC2CC(c3cccc(Br)c3)C2)C1. The molecule has 2 unspecified atom stereocenters. The van der Waals surface area contributed by atoms with E-state index in [0.717, 1.165) is 23.9 Å². The summed E-state index contributed by atoms with van der Waals surface area (Å²) in [5.74, 6) is 1.71. The van der Waals surface area contributed by atoms with Crippen LogP contribution >= 0.6 is 15.9 Å². The van der Waals surface area contributed by atoms with Crippen molar-refractivity contribution in [1.29, 1.82) is 0 Å². The molecule has 2 fully saturated rings. The molecule has 3 rings (SSSR count). The second-order valence-electron chi connectivity index (χ2n) is 6.20. The maximum absolute atomic E-state index is 3.85. The molecule has 2 aliphatic carbocycles. The van der Waals surface area contributed by atoms with Crippen molar-refractivity contribution in [3.05, 3.63) is 34.3 Å². The highest BCUT2D eigenvalue weighted by molar-refractivity contribution is 9.10. The molecular formula is C16H22BrN. The summed E-state index contributed by atoms with van der Waals surface area (Å²) < 4.78 is 1.21. The summed E-state index contributed by atoms with van der Waals surface area (Å²) in [6, 6.07) is 10.4. The lowest BCUT2D eigenvalue weighted by atomic mass is 9.75. The van der Waals surface area contributed by atoms with Crippen molar-refractivity contribution in [3.8, 4) is 0 Å². The molecule has 1 nitrogen and oxygen atoms in total. The summed E-state index contributed by atoms with van der Waals surface area (Å²) in [5, 5.41) is 3.85. The van der Waals surface area contributed by atoms with Crippen molar-refractivity contribution in [3.63, 3.8) is 0 Å². The van der Waals surface area contributed by atoms with Gasteiger partial charge in [0.15, 0.2) is 0 Å². The van der Waals surface area contributed by atoms with Gasteiger partial charge in [0, 0.05) is 16.6 Å². The second-order valence-corrected chi connectivity index (χ2v) is 7.12. The Balaban J connectivity index is 1.48. The standard InChI is InChI=1S/C16H22BrN/c1-11-5-6-15(7-11)18-16-9-13(10-16)12-3-2-4-14(17)8-12/h2-4,8,11,13,15-16,18H,5-7,9-10H2,1H3. The molecule has 0 bridgehead atoms.